The number of non-ortho nitro benzene ring substituents is 1. The number of nitro benzene ring substituents is 1. The van der Waals surface area contributed by atoms with Crippen molar-refractivity contribution >= 4 is 5.69 Å². The zero-order valence-corrected chi connectivity index (χ0v) is 12.3. The van der Waals surface area contributed by atoms with Gasteiger partial charge in [-0.3, -0.25) is 15.0 Å². The predicted molar refractivity (Wildman–Crippen MR) is 85.5 cm³/mol. The number of likely N-dealkylation sites (tertiary alicyclic amines) is 1. The van der Waals surface area contributed by atoms with Gasteiger partial charge >= 0.3 is 0 Å². The van der Waals surface area contributed by atoms with E-state index in [4.69, 9.17) is 5.73 Å². The molecule has 0 bridgehead atoms. The van der Waals surface area contributed by atoms with Crippen LogP contribution in [-0.4, -0.2) is 29.0 Å². The average molecular weight is 297 g/mol. The molecule has 0 saturated carbocycles. The summed E-state index contributed by atoms with van der Waals surface area (Å²) in [5, 5.41) is 10.9. The predicted octanol–water partition coefficient (Wildman–Crippen LogP) is 2.52. The van der Waals surface area contributed by atoms with E-state index in [9.17, 15) is 10.1 Å². The lowest BCUT2D eigenvalue weighted by Crippen LogP contribution is -2.28. The molecule has 1 heterocycles. The summed E-state index contributed by atoms with van der Waals surface area (Å²) in [5.74, 6) is 0.319. The van der Waals surface area contributed by atoms with E-state index in [1.165, 1.54) is 11.6 Å². The number of benzene rings is 2. The van der Waals surface area contributed by atoms with Crippen LogP contribution in [0.25, 0.3) is 0 Å². The highest BCUT2D eigenvalue weighted by atomic mass is 16.6. The number of nitrogens with zero attached hydrogens (tertiary/aromatic N) is 2. The highest BCUT2D eigenvalue weighted by Gasteiger charge is 2.31. The summed E-state index contributed by atoms with van der Waals surface area (Å²) in [6.07, 6.45) is 0. The Labute approximate surface area is 129 Å². The first-order valence-electron chi connectivity index (χ1n) is 7.39. The Morgan fingerprint density at radius 1 is 1.14 bits per heavy atom. The van der Waals surface area contributed by atoms with Crippen LogP contribution in [0.1, 0.15) is 17.0 Å². The van der Waals surface area contributed by atoms with Gasteiger partial charge in [-0.2, -0.15) is 0 Å². The van der Waals surface area contributed by atoms with Gasteiger partial charge in [0.1, 0.15) is 0 Å². The van der Waals surface area contributed by atoms with Gasteiger partial charge in [0.2, 0.25) is 0 Å². The molecule has 2 atom stereocenters. The highest BCUT2D eigenvalue weighted by molar-refractivity contribution is 5.34. The molecular formula is C17H19N3O2. The molecule has 114 valence electrons. The van der Waals surface area contributed by atoms with E-state index in [0.717, 1.165) is 18.7 Å². The molecule has 0 amide bonds. The minimum absolute atomic E-state index is 0.0982. The van der Waals surface area contributed by atoms with Crippen molar-refractivity contribution in [2.75, 3.05) is 13.1 Å². The van der Waals surface area contributed by atoms with Gasteiger partial charge in [-0.1, -0.05) is 42.5 Å². The Kier molecular flexibility index (Phi) is 4.18. The lowest BCUT2D eigenvalue weighted by molar-refractivity contribution is -0.384. The van der Waals surface area contributed by atoms with Crippen LogP contribution in [0.3, 0.4) is 0 Å². The summed E-state index contributed by atoms with van der Waals surface area (Å²) in [4.78, 5) is 12.8. The summed E-state index contributed by atoms with van der Waals surface area (Å²) >= 11 is 0. The van der Waals surface area contributed by atoms with Crippen molar-refractivity contribution in [2.24, 2.45) is 5.73 Å². The highest BCUT2D eigenvalue weighted by Crippen LogP contribution is 2.27. The molecule has 1 saturated heterocycles. The van der Waals surface area contributed by atoms with Crippen LogP contribution in [0.4, 0.5) is 5.69 Å². The summed E-state index contributed by atoms with van der Waals surface area (Å²) in [7, 11) is 0. The molecule has 2 aromatic carbocycles. The van der Waals surface area contributed by atoms with Crippen molar-refractivity contribution < 1.29 is 4.92 Å². The Morgan fingerprint density at radius 2 is 1.91 bits per heavy atom. The average Bonchev–Trinajstić information content (AvgIpc) is 2.89. The molecule has 22 heavy (non-hydrogen) atoms. The fourth-order valence-electron chi connectivity index (χ4n) is 3.12. The molecule has 0 radical (unpaired) electrons. The van der Waals surface area contributed by atoms with Crippen LogP contribution in [0.15, 0.2) is 54.6 Å². The quantitative estimate of drug-likeness (QED) is 0.695. The van der Waals surface area contributed by atoms with Crippen molar-refractivity contribution in [3.8, 4) is 0 Å². The third-order valence-electron chi connectivity index (χ3n) is 4.20. The second-order valence-corrected chi connectivity index (χ2v) is 5.80. The van der Waals surface area contributed by atoms with Crippen molar-refractivity contribution in [1.29, 1.82) is 0 Å². The van der Waals surface area contributed by atoms with E-state index in [1.54, 1.807) is 12.1 Å². The molecular weight excluding hydrogens is 278 g/mol. The minimum atomic E-state index is -0.355. The van der Waals surface area contributed by atoms with Crippen LogP contribution < -0.4 is 5.73 Å². The van der Waals surface area contributed by atoms with Gasteiger partial charge in [0, 0.05) is 43.7 Å². The van der Waals surface area contributed by atoms with Crippen LogP contribution in [-0.2, 0) is 6.54 Å². The second kappa shape index (κ2) is 6.25. The van der Waals surface area contributed by atoms with Crippen molar-refractivity contribution in [3.05, 3.63) is 75.8 Å². The summed E-state index contributed by atoms with van der Waals surface area (Å²) in [5.41, 5.74) is 8.64. The van der Waals surface area contributed by atoms with Gasteiger partial charge in [0.05, 0.1) is 4.92 Å². The van der Waals surface area contributed by atoms with E-state index >= 15 is 0 Å². The molecule has 0 unspecified atom stereocenters. The molecule has 2 aromatic rings. The van der Waals surface area contributed by atoms with Crippen LogP contribution in [0.5, 0.6) is 0 Å². The molecule has 5 heteroatoms. The first-order valence-corrected chi connectivity index (χ1v) is 7.39. The van der Waals surface area contributed by atoms with E-state index in [0.29, 0.717) is 12.5 Å². The fourth-order valence-corrected chi connectivity index (χ4v) is 3.12. The van der Waals surface area contributed by atoms with Gasteiger partial charge in [-0.05, 0) is 11.1 Å². The third-order valence-corrected chi connectivity index (χ3v) is 4.20. The van der Waals surface area contributed by atoms with E-state index in [2.05, 4.69) is 17.0 Å². The van der Waals surface area contributed by atoms with Gasteiger partial charge in [-0.15, -0.1) is 0 Å². The normalized spacial score (nSPS) is 21.9. The SMILES string of the molecule is N[C@@H]1CN(Cc2cccc([N+](=O)[O-])c2)C[C@H]1c1ccccc1. The zero-order valence-electron chi connectivity index (χ0n) is 12.3. The number of nitrogens with two attached hydrogens (primary N) is 1. The van der Waals surface area contributed by atoms with E-state index < -0.39 is 0 Å². The number of hydrogen-bond donors (Lipinski definition) is 1. The zero-order chi connectivity index (χ0) is 15.5. The Hall–Kier alpha value is -2.24. The molecule has 0 aliphatic carbocycles. The first kappa shape index (κ1) is 14.7. The maximum Gasteiger partial charge on any atom is 0.269 e. The first-order chi connectivity index (χ1) is 10.6. The molecule has 1 aliphatic rings. The summed E-state index contributed by atoms with van der Waals surface area (Å²) < 4.78 is 0. The van der Waals surface area contributed by atoms with Crippen LogP contribution >= 0.6 is 0 Å². The summed E-state index contributed by atoms with van der Waals surface area (Å²) in [6, 6.07) is 17.2. The molecule has 1 fully saturated rings. The van der Waals surface area contributed by atoms with Crippen LogP contribution in [0.2, 0.25) is 0 Å². The Morgan fingerprint density at radius 3 is 2.64 bits per heavy atom. The maximum absolute atomic E-state index is 10.9. The monoisotopic (exact) mass is 297 g/mol. The Balaban J connectivity index is 1.70. The smallest absolute Gasteiger partial charge is 0.269 e. The minimum Gasteiger partial charge on any atom is -0.326 e. The van der Waals surface area contributed by atoms with Gasteiger partial charge in [0.25, 0.3) is 5.69 Å². The van der Waals surface area contributed by atoms with Crippen molar-refractivity contribution in [1.82, 2.24) is 4.90 Å². The summed E-state index contributed by atoms with van der Waals surface area (Å²) in [6.45, 7) is 2.38. The largest absolute Gasteiger partial charge is 0.326 e. The number of nitro groups is 1. The molecule has 2 N–H and O–H groups in total. The number of hydrogen-bond acceptors (Lipinski definition) is 4. The van der Waals surface area contributed by atoms with E-state index in [1.807, 2.05) is 24.3 Å². The second-order valence-electron chi connectivity index (χ2n) is 5.80. The lowest BCUT2D eigenvalue weighted by atomic mass is 9.95. The molecule has 0 spiro atoms. The van der Waals surface area contributed by atoms with Gasteiger partial charge in [-0.25, -0.2) is 0 Å². The van der Waals surface area contributed by atoms with Crippen molar-refractivity contribution in [2.45, 2.75) is 18.5 Å². The molecule has 5 nitrogen and oxygen atoms in total. The standard InChI is InChI=1S/C17H19N3O2/c18-17-12-19(11-16(17)14-6-2-1-3-7-14)10-13-5-4-8-15(9-13)20(21)22/h1-9,16-17H,10-12,18H2/t16-,17+/m0/s1. The van der Waals surface area contributed by atoms with Gasteiger partial charge in [0.15, 0.2) is 0 Å². The van der Waals surface area contributed by atoms with Crippen LogP contribution in [0, 0.1) is 10.1 Å². The lowest BCUT2D eigenvalue weighted by Gasteiger charge is -2.16. The topological polar surface area (TPSA) is 72.4 Å². The Bertz CT molecular complexity index is 660. The fraction of sp³-hybridized carbons (Fsp3) is 0.294. The third kappa shape index (κ3) is 3.16. The van der Waals surface area contributed by atoms with E-state index in [-0.39, 0.29) is 16.7 Å². The van der Waals surface area contributed by atoms with Crippen molar-refractivity contribution in [3.63, 3.8) is 0 Å². The molecule has 3 rings (SSSR count). The molecule has 0 aromatic heterocycles. The number of rotatable bonds is 4. The maximum atomic E-state index is 10.9. The molecule has 1 aliphatic heterocycles. The van der Waals surface area contributed by atoms with Gasteiger partial charge < -0.3 is 5.73 Å².